The highest BCUT2D eigenvalue weighted by molar-refractivity contribution is 6.02. The zero-order valence-electron chi connectivity index (χ0n) is 10.9. The molecule has 0 aromatic carbocycles. The monoisotopic (exact) mass is 249 g/mol. The van der Waals surface area contributed by atoms with Crippen LogP contribution in [0.1, 0.15) is 25.8 Å². The van der Waals surface area contributed by atoms with Gasteiger partial charge in [0.2, 0.25) is 5.95 Å². The summed E-state index contributed by atoms with van der Waals surface area (Å²) in [5.74, 6) is 0.0363. The van der Waals surface area contributed by atoms with Crippen LogP contribution in [0.25, 0.3) is 0 Å². The van der Waals surface area contributed by atoms with Gasteiger partial charge in [0.1, 0.15) is 0 Å². The number of aliphatic imine (C=N–C) groups is 1. The first-order chi connectivity index (χ1) is 8.63. The minimum absolute atomic E-state index is 0.185. The van der Waals surface area contributed by atoms with E-state index in [4.69, 9.17) is 5.73 Å². The Bertz CT molecular complexity index is 408. The van der Waals surface area contributed by atoms with Gasteiger partial charge in [-0.15, -0.1) is 0 Å². The van der Waals surface area contributed by atoms with Crippen molar-refractivity contribution < 1.29 is 4.39 Å². The van der Waals surface area contributed by atoms with Gasteiger partial charge in [-0.3, -0.25) is 4.99 Å². The molecule has 0 aliphatic heterocycles. The Balaban J connectivity index is 3.06. The molecule has 0 aliphatic carbocycles. The summed E-state index contributed by atoms with van der Waals surface area (Å²) in [5.41, 5.74) is 7.44. The second-order valence-electron chi connectivity index (χ2n) is 4.26. The predicted molar refractivity (Wildman–Crippen MR) is 72.9 cm³/mol. The molecule has 3 nitrogen and oxygen atoms in total. The molecule has 0 saturated carbocycles. The Labute approximate surface area is 108 Å². The van der Waals surface area contributed by atoms with Crippen LogP contribution in [0.3, 0.4) is 0 Å². The molecule has 0 radical (unpaired) electrons. The van der Waals surface area contributed by atoms with Crippen molar-refractivity contribution in [2.45, 2.75) is 20.3 Å². The molecule has 1 heterocycles. The van der Waals surface area contributed by atoms with Crippen LogP contribution in [0, 0.1) is 17.8 Å². The maximum Gasteiger partial charge on any atom is 0.212 e. The van der Waals surface area contributed by atoms with Crippen LogP contribution in [0.15, 0.2) is 36.1 Å². The third kappa shape index (κ3) is 3.47. The lowest BCUT2D eigenvalue weighted by molar-refractivity contribution is 0.438. The Hall–Kier alpha value is -1.55. The number of halogens is 1. The number of aromatic nitrogens is 1. The summed E-state index contributed by atoms with van der Waals surface area (Å²) in [5, 5.41) is 0. The van der Waals surface area contributed by atoms with E-state index in [0.29, 0.717) is 12.5 Å². The number of hydrogen-bond acceptors (Lipinski definition) is 3. The Morgan fingerprint density at radius 1 is 1.61 bits per heavy atom. The van der Waals surface area contributed by atoms with E-state index in [1.54, 1.807) is 6.07 Å². The van der Waals surface area contributed by atoms with Gasteiger partial charge in [0.05, 0.1) is 5.71 Å². The molecule has 98 valence electrons. The average molecular weight is 249 g/mol. The highest BCUT2D eigenvalue weighted by Gasteiger charge is 2.20. The summed E-state index contributed by atoms with van der Waals surface area (Å²) in [6.45, 7) is 8.40. The number of pyridine rings is 1. The minimum Gasteiger partial charge on any atom is -0.330 e. The van der Waals surface area contributed by atoms with Crippen LogP contribution in [-0.2, 0) is 0 Å². The average Bonchev–Trinajstić information content (AvgIpc) is 2.38. The highest BCUT2D eigenvalue weighted by Crippen LogP contribution is 2.20. The van der Waals surface area contributed by atoms with Crippen molar-refractivity contribution >= 4 is 5.71 Å². The normalized spacial score (nSPS) is 15.2. The van der Waals surface area contributed by atoms with Gasteiger partial charge in [0, 0.05) is 23.9 Å². The topological polar surface area (TPSA) is 51.3 Å². The molecule has 0 amide bonds. The van der Waals surface area contributed by atoms with Crippen molar-refractivity contribution in [2.24, 2.45) is 22.6 Å². The zero-order valence-corrected chi connectivity index (χ0v) is 10.9. The smallest absolute Gasteiger partial charge is 0.212 e. The van der Waals surface area contributed by atoms with E-state index in [0.717, 1.165) is 17.7 Å². The molecule has 2 N–H and O–H groups in total. The number of nitrogens with zero attached hydrogens (tertiary/aromatic N) is 2. The highest BCUT2D eigenvalue weighted by atomic mass is 19.1. The van der Waals surface area contributed by atoms with Crippen molar-refractivity contribution in [3.05, 3.63) is 42.6 Å². The molecular formula is C14H20FN3. The summed E-state index contributed by atoms with van der Waals surface area (Å²) < 4.78 is 12.8. The maximum atomic E-state index is 12.8. The predicted octanol–water partition coefficient (Wildman–Crippen LogP) is 2.77. The first kappa shape index (κ1) is 14.5. The van der Waals surface area contributed by atoms with Crippen molar-refractivity contribution in [2.75, 3.05) is 6.54 Å². The Morgan fingerprint density at radius 3 is 2.78 bits per heavy atom. The first-order valence-electron chi connectivity index (χ1n) is 6.14. The van der Waals surface area contributed by atoms with E-state index in [9.17, 15) is 4.39 Å². The molecular weight excluding hydrogens is 229 g/mol. The lowest BCUT2D eigenvalue weighted by atomic mass is 9.85. The third-order valence-corrected chi connectivity index (χ3v) is 3.22. The molecule has 2 atom stereocenters. The summed E-state index contributed by atoms with van der Waals surface area (Å²) in [6, 6.07) is 3.02. The molecule has 0 saturated heterocycles. The van der Waals surface area contributed by atoms with E-state index in [1.165, 1.54) is 18.5 Å². The number of nitrogens with two attached hydrogens (primary N) is 1. The van der Waals surface area contributed by atoms with Gasteiger partial charge in [-0.05, 0) is 24.6 Å². The molecule has 2 unspecified atom stereocenters. The van der Waals surface area contributed by atoms with Crippen molar-refractivity contribution in [1.29, 1.82) is 0 Å². The summed E-state index contributed by atoms with van der Waals surface area (Å²) in [6.07, 6.45) is 3.97. The second kappa shape index (κ2) is 7.01. The van der Waals surface area contributed by atoms with E-state index in [2.05, 4.69) is 30.4 Å². The quantitative estimate of drug-likeness (QED) is 0.622. The van der Waals surface area contributed by atoms with Crippen LogP contribution < -0.4 is 5.73 Å². The molecule has 0 aliphatic rings. The molecule has 18 heavy (non-hydrogen) atoms. The van der Waals surface area contributed by atoms with Crippen molar-refractivity contribution in [3.8, 4) is 0 Å². The van der Waals surface area contributed by atoms with Gasteiger partial charge >= 0.3 is 0 Å². The van der Waals surface area contributed by atoms with Crippen molar-refractivity contribution in [1.82, 2.24) is 4.98 Å². The fraction of sp³-hybridized carbons (Fsp3) is 0.429. The van der Waals surface area contributed by atoms with Gasteiger partial charge in [0.15, 0.2) is 0 Å². The van der Waals surface area contributed by atoms with Crippen LogP contribution in [0.2, 0.25) is 0 Å². The van der Waals surface area contributed by atoms with Crippen LogP contribution in [0.5, 0.6) is 0 Å². The molecule has 0 fully saturated rings. The first-order valence-corrected chi connectivity index (χ1v) is 6.14. The van der Waals surface area contributed by atoms with E-state index in [-0.39, 0.29) is 5.92 Å². The van der Waals surface area contributed by atoms with E-state index in [1.807, 2.05) is 0 Å². The van der Waals surface area contributed by atoms with Gasteiger partial charge < -0.3 is 5.73 Å². The van der Waals surface area contributed by atoms with Crippen LogP contribution in [-0.4, -0.2) is 17.2 Å². The van der Waals surface area contributed by atoms with Gasteiger partial charge in [-0.1, -0.05) is 26.8 Å². The molecule has 1 rings (SSSR count). The number of hydrogen-bond donors (Lipinski definition) is 1. The molecule has 0 bridgehead atoms. The van der Waals surface area contributed by atoms with Gasteiger partial charge in [-0.2, -0.15) is 4.39 Å². The minimum atomic E-state index is -0.491. The molecule has 1 aromatic heterocycles. The Morgan fingerprint density at radius 2 is 2.33 bits per heavy atom. The van der Waals surface area contributed by atoms with Gasteiger partial charge in [-0.25, -0.2) is 4.98 Å². The fourth-order valence-electron chi connectivity index (χ4n) is 2.03. The van der Waals surface area contributed by atoms with E-state index < -0.39 is 5.95 Å². The molecule has 0 spiro atoms. The molecule has 1 aromatic rings. The summed E-state index contributed by atoms with van der Waals surface area (Å²) in [4.78, 5) is 7.97. The Kier molecular flexibility index (Phi) is 5.65. The third-order valence-electron chi connectivity index (χ3n) is 3.22. The largest absolute Gasteiger partial charge is 0.330 e. The SMILES string of the molecule is C=CN=C(c1ccc(F)nc1)C(C)C(CC)CN. The lowest BCUT2D eigenvalue weighted by Crippen LogP contribution is -2.27. The zero-order chi connectivity index (χ0) is 13.5. The van der Waals surface area contributed by atoms with Crippen LogP contribution >= 0.6 is 0 Å². The second-order valence-corrected chi connectivity index (χ2v) is 4.26. The van der Waals surface area contributed by atoms with Gasteiger partial charge in [0.25, 0.3) is 0 Å². The maximum absolute atomic E-state index is 12.8. The van der Waals surface area contributed by atoms with Crippen LogP contribution in [0.4, 0.5) is 4.39 Å². The standard InChI is InChI=1S/C14H20FN3/c1-4-11(8-16)10(3)14(17-5-2)12-6-7-13(15)18-9-12/h5-7,9-11H,2,4,8,16H2,1,3H3. The molecule has 4 heteroatoms. The summed E-state index contributed by atoms with van der Waals surface area (Å²) >= 11 is 0. The van der Waals surface area contributed by atoms with E-state index >= 15 is 0 Å². The lowest BCUT2D eigenvalue weighted by Gasteiger charge is -2.22. The van der Waals surface area contributed by atoms with Crippen molar-refractivity contribution in [3.63, 3.8) is 0 Å². The summed E-state index contributed by atoms with van der Waals surface area (Å²) in [7, 11) is 0. The fourth-order valence-corrected chi connectivity index (χ4v) is 2.03. The number of rotatable bonds is 6.